The second-order valence-electron chi connectivity index (χ2n) is 5.54. The zero-order valence-electron chi connectivity index (χ0n) is 14.9. The van der Waals surface area contributed by atoms with Crippen LogP contribution in [0.2, 0.25) is 0 Å². The molecule has 2 rings (SSSR count). The minimum Gasteiger partial charge on any atom is -0.504 e. The molecule has 0 aromatic heterocycles. The number of benzene rings is 2. The lowest BCUT2D eigenvalue weighted by atomic mass is 10.1. The molecular weight excluding hydrogens is 334 g/mol. The molecule has 0 aliphatic carbocycles. The third kappa shape index (κ3) is 5.44. The fourth-order valence-corrected chi connectivity index (χ4v) is 2.34. The summed E-state index contributed by atoms with van der Waals surface area (Å²) in [7, 11) is 1.47. The third-order valence-corrected chi connectivity index (χ3v) is 3.67. The minimum atomic E-state index is -0.221. The molecule has 6 heteroatoms. The van der Waals surface area contributed by atoms with Gasteiger partial charge in [0.05, 0.1) is 13.7 Å². The largest absolute Gasteiger partial charge is 0.504 e. The Labute approximate surface area is 152 Å². The van der Waals surface area contributed by atoms with Crippen molar-refractivity contribution < 1.29 is 24.5 Å². The van der Waals surface area contributed by atoms with Crippen LogP contribution in [0.1, 0.15) is 18.1 Å². The molecule has 0 fully saturated rings. The highest BCUT2D eigenvalue weighted by Crippen LogP contribution is 2.27. The number of methoxy groups -OCH3 is 1. The molecule has 26 heavy (non-hydrogen) atoms. The maximum absolute atomic E-state index is 11.9. The number of carbonyl (C=O) groups excluding carboxylic acids is 1. The summed E-state index contributed by atoms with van der Waals surface area (Å²) < 4.78 is 10.4. The van der Waals surface area contributed by atoms with Crippen LogP contribution in [0.15, 0.2) is 42.5 Å². The minimum absolute atomic E-state index is 0.0504. The molecule has 0 unspecified atom stereocenters. The van der Waals surface area contributed by atoms with Gasteiger partial charge >= 0.3 is 0 Å². The molecule has 2 aromatic carbocycles. The van der Waals surface area contributed by atoms with Gasteiger partial charge in [-0.2, -0.15) is 0 Å². The Morgan fingerprint density at radius 2 is 1.85 bits per heavy atom. The highest BCUT2D eigenvalue weighted by molar-refractivity contribution is 5.91. The van der Waals surface area contributed by atoms with Gasteiger partial charge < -0.3 is 25.0 Å². The summed E-state index contributed by atoms with van der Waals surface area (Å²) in [4.78, 5) is 11.9. The van der Waals surface area contributed by atoms with Gasteiger partial charge in [0.1, 0.15) is 0 Å². The Hall–Kier alpha value is -3.15. The van der Waals surface area contributed by atoms with Crippen molar-refractivity contribution in [1.29, 1.82) is 0 Å². The number of ether oxygens (including phenoxy) is 2. The predicted molar refractivity (Wildman–Crippen MR) is 99.7 cm³/mol. The zero-order chi connectivity index (χ0) is 18.9. The van der Waals surface area contributed by atoms with Crippen LogP contribution in [0, 0.1) is 0 Å². The van der Waals surface area contributed by atoms with Crippen LogP contribution in [0.4, 0.5) is 0 Å². The fraction of sp³-hybridized carbons (Fsp3) is 0.250. The van der Waals surface area contributed by atoms with Crippen molar-refractivity contribution >= 4 is 12.0 Å². The predicted octanol–water partition coefficient (Wildman–Crippen LogP) is 2.88. The lowest BCUT2D eigenvalue weighted by Crippen LogP contribution is -2.23. The van der Waals surface area contributed by atoms with Crippen LogP contribution >= 0.6 is 0 Å². The maximum atomic E-state index is 11.9. The lowest BCUT2D eigenvalue weighted by Gasteiger charge is -2.08. The standard InChI is InChI=1S/C20H23NO5/c1-3-26-19-13-15(5-8-17(19)23)10-11-21-20(24)9-6-14-4-7-16(22)18(12-14)25-2/h4-9,12-13,22-23H,3,10-11H2,1-2H3,(H,21,24)/b9-6+. The van der Waals surface area contributed by atoms with Crippen molar-refractivity contribution in [3.05, 3.63) is 53.6 Å². The van der Waals surface area contributed by atoms with Crippen molar-refractivity contribution in [2.45, 2.75) is 13.3 Å². The van der Waals surface area contributed by atoms with Crippen LogP contribution in [0.3, 0.4) is 0 Å². The average molecular weight is 357 g/mol. The van der Waals surface area contributed by atoms with Crippen molar-refractivity contribution in [2.24, 2.45) is 0 Å². The normalized spacial score (nSPS) is 10.7. The molecule has 6 nitrogen and oxygen atoms in total. The molecule has 1 amide bonds. The molecule has 138 valence electrons. The molecule has 0 aliphatic heterocycles. The van der Waals surface area contributed by atoms with Crippen LogP contribution in [-0.2, 0) is 11.2 Å². The van der Waals surface area contributed by atoms with Crippen LogP contribution in [0.25, 0.3) is 6.08 Å². The fourth-order valence-electron chi connectivity index (χ4n) is 2.34. The number of phenols is 2. The van der Waals surface area contributed by atoms with E-state index in [2.05, 4.69) is 5.32 Å². The second kappa shape index (κ2) is 9.36. The van der Waals surface area contributed by atoms with Crippen molar-refractivity contribution in [3.8, 4) is 23.0 Å². The lowest BCUT2D eigenvalue weighted by molar-refractivity contribution is -0.116. The molecule has 2 aromatic rings. The summed E-state index contributed by atoms with van der Waals surface area (Å²) >= 11 is 0. The van der Waals surface area contributed by atoms with Crippen molar-refractivity contribution in [1.82, 2.24) is 5.32 Å². The first-order valence-corrected chi connectivity index (χ1v) is 8.31. The number of aromatic hydroxyl groups is 2. The van der Waals surface area contributed by atoms with Gasteiger partial charge in [0.25, 0.3) is 0 Å². The van der Waals surface area contributed by atoms with Gasteiger partial charge in [0.15, 0.2) is 23.0 Å². The van der Waals surface area contributed by atoms with Crippen LogP contribution < -0.4 is 14.8 Å². The van der Waals surface area contributed by atoms with E-state index in [4.69, 9.17) is 9.47 Å². The maximum Gasteiger partial charge on any atom is 0.244 e. The first-order valence-electron chi connectivity index (χ1n) is 8.31. The van der Waals surface area contributed by atoms with Gasteiger partial charge in [-0.3, -0.25) is 4.79 Å². The summed E-state index contributed by atoms with van der Waals surface area (Å²) in [5.41, 5.74) is 1.70. The topological polar surface area (TPSA) is 88.0 Å². The van der Waals surface area contributed by atoms with E-state index in [-0.39, 0.29) is 17.4 Å². The number of nitrogens with one attached hydrogen (secondary N) is 1. The van der Waals surface area contributed by atoms with Gasteiger partial charge in [-0.05, 0) is 54.8 Å². The molecule has 0 atom stereocenters. The van der Waals surface area contributed by atoms with E-state index in [0.29, 0.717) is 31.1 Å². The van der Waals surface area contributed by atoms with Gasteiger partial charge in [-0.25, -0.2) is 0 Å². The van der Waals surface area contributed by atoms with Gasteiger partial charge in [0.2, 0.25) is 5.91 Å². The van der Waals surface area contributed by atoms with E-state index < -0.39 is 0 Å². The molecule has 0 radical (unpaired) electrons. The number of phenolic OH excluding ortho intramolecular Hbond substituents is 2. The monoisotopic (exact) mass is 357 g/mol. The Bertz CT molecular complexity index is 786. The van der Waals surface area contributed by atoms with E-state index in [1.807, 2.05) is 6.92 Å². The van der Waals surface area contributed by atoms with Crippen LogP contribution in [0.5, 0.6) is 23.0 Å². The van der Waals surface area contributed by atoms with E-state index in [1.54, 1.807) is 36.4 Å². The van der Waals surface area contributed by atoms with Gasteiger partial charge in [-0.1, -0.05) is 12.1 Å². The van der Waals surface area contributed by atoms with E-state index in [0.717, 1.165) is 11.1 Å². The molecule has 0 spiro atoms. The Morgan fingerprint density at radius 1 is 1.12 bits per heavy atom. The summed E-state index contributed by atoms with van der Waals surface area (Å²) in [6, 6.07) is 9.99. The number of carbonyl (C=O) groups is 1. The van der Waals surface area contributed by atoms with Crippen LogP contribution in [-0.4, -0.2) is 36.4 Å². The molecular formula is C20H23NO5. The quantitative estimate of drug-likeness (QED) is 0.632. The summed E-state index contributed by atoms with van der Waals surface area (Å²) in [6.45, 7) is 2.78. The third-order valence-electron chi connectivity index (χ3n) is 3.67. The summed E-state index contributed by atoms with van der Waals surface area (Å²) in [5.74, 6) is 0.727. The Kier molecular flexibility index (Phi) is 6.91. The smallest absolute Gasteiger partial charge is 0.244 e. The molecule has 0 saturated carbocycles. The summed E-state index contributed by atoms with van der Waals surface area (Å²) in [6.07, 6.45) is 3.69. The first-order chi connectivity index (χ1) is 12.5. The van der Waals surface area contributed by atoms with Gasteiger partial charge in [0, 0.05) is 12.6 Å². The summed E-state index contributed by atoms with van der Waals surface area (Å²) in [5, 5.41) is 22.0. The average Bonchev–Trinajstić information content (AvgIpc) is 2.64. The zero-order valence-corrected chi connectivity index (χ0v) is 14.9. The SMILES string of the molecule is CCOc1cc(CCNC(=O)/C=C/c2ccc(O)c(OC)c2)ccc1O. The molecule has 0 bridgehead atoms. The first kappa shape index (κ1) is 19.2. The highest BCUT2D eigenvalue weighted by Gasteiger charge is 2.04. The molecule has 3 N–H and O–H groups in total. The number of rotatable bonds is 8. The Morgan fingerprint density at radius 3 is 2.58 bits per heavy atom. The molecule has 0 heterocycles. The molecule has 0 aliphatic rings. The van der Waals surface area contributed by atoms with Crippen molar-refractivity contribution in [2.75, 3.05) is 20.3 Å². The van der Waals surface area contributed by atoms with E-state index in [9.17, 15) is 15.0 Å². The highest BCUT2D eigenvalue weighted by atomic mass is 16.5. The number of amides is 1. The number of hydrogen-bond acceptors (Lipinski definition) is 5. The van der Waals surface area contributed by atoms with E-state index in [1.165, 1.54) is 19.3 Å². The Balaban J connectivity index is 1.86. The van der Waals surface area contributed by atoms with E-state index >= 15 is 0 Å². The van der Waals surface area contributed by atoms with Gasteiger partial charge in [-0.15, -0.1) is 0 Å². The van der Waals surface area contributed by atoms with Crippen molar-refractivity contribution in [3.63, 3.8) is 0 Å². The molecule has 0 saturated heterocycles. The number of hydrogen-bond donors (Lipinski definition) is 3. The second-order valence-corrected chi connectivity index (χ2v) is 5.54.